The fourth-order valence-corrected chi connectivity index (χ4v) is 4.86. The Hall–Kier alpha value is -2.29. The van der Waals surface area contributed by atoms with Crippen molar-refractivity contribution in [1.29, 1.82) is 0 Å². The molecule has 0 amide bonds. The highest BCUT2D eigenvalue weighted by Crippen LogP contribution is 2.19. The van der Waals surface area contributed by atoms with Crippen molar-refractivity contribution in [2.45, 2.75) is 25.7 Å². The summed E-state index contributed by atoms with van der Waals surface area (Å²) < 4.78 is 27.1. The van der Waals surface area contributed by atoms with Crippen molar-refractivity contribution >= 4 is 21.6 Å². The van der Waals surface area contributed by atoms with Crippen LogP contribution in [0.25, 0.3) is 0 Å². The zero-order chi connectivity index (χ0) is 20.5. The van der Waals surface area contributed by atoms with Crippen molar-refractivity contribution in [3.8, 4) is 0 Å². The van der Waals surface area contributed by atoms with Crippen molar-refractivity contribution in [1.82, 2.24) is 14.2 Å². The molecule has 1 saturated heterocycles. The van der Waals surface area contributed by atoms with Crippen LogP contribution in [0.2, 0.25) is 0 Å². The number of nitrogens with zero attached hydrogens (tertiary/aromatic N) is 2. The second kappa shape index (κ2) is 7.98. The van der Waals surface area contributed by atoms with Gasteiger partial charge in [-0.1, -0.05) is 12.1 Å². The highest BCUT2D eigenvalue weighted by Gasteiger charge is 2.29. The maximum atomic E-state index is 12.8. The fraction of sp³-hybridized carbons (Fsp3) is 0.400. The van der Waals surface area contributed by atoms with Crippen molar-refractivity contribution in [3.05, 3.63) is 52.8 Å². The van der Waals surface area contributed by atoms with E-state index in [2.05, 4.69) is 4.98 Å². The maximum Gasteiger partial charge on any atom is 0.243 e. The Kier molecular flexibility index (Phi) is 5.83. The monoisotopic (exact) mass is 403 g/mol. The molecule has 0 aliphatic carbocycles. The highest BCUT2D eigenvalue weighted by atomic mass is 32.2. The van der Waals surface area contributed by atoms with E-state index in [1.165, 1.54) is 35.5 Å². The number of carbonyl (C=O) groups excluding carboxylic acids is 2. The SMILES string of the molecule is CC(=O)c1ccc(S(=O)(=O)N2CCN(CC(=O)c3cc(C)[nH]c3C)CC2)cc1. The Bertz CT molecular complexity index is 985. The van der Waals surface area contributed by atoms with Crippen molar-refractivity contribution in [2.75, 3.05) is 32.7 Å². The molecule has 1 aromatic heterocycles. The lowest BCUT2D eigenvalue weighted by Crippen LogP contribution is -2.49. The van der Waals surface area contributed by atoms with E-state index in [1.807, 2.05) is 24.8 Å². The number of aromatic nitrogens is 1. The average molecular weight is 404 g/mol. The van der Waals surface area contributed by atoms with Crippen LogP contribution in [0.3, 0.4) is 0 Å². The molecule has 7 nitrogen and oxygen atoms in total. The molecular weight excluding hydrogens is 378 g/mol. The molecule has 2 heterocycles. The summed E-state index contributed by atoms with van der Waals surface area (Å²) in [4.78, 5) is 29.2. The molecule has 28 heavy (non-hydrogen) atoms. The minimum absolute atomic E-state index is 0.0398. The van der Waals surface area contributed by atoms with Gasteiger partial charge in [0, 0.05) is 48.7 Å². The number of piperazine rings is 1. The van der Waals surface area contributed by atoms with Gasteiger partial charge in [0.1, 0.15) is 0 Å². The van der Waals surface area contributed by atoms with Crippen LogP contribution in [0.4, 0.5) is 0 Å². The summed E-state index contributed by atoms with van der Waals surface area (Å²) in [6.45, 7) is 7.17. The maximum absolute atomic E-state index is 12.8. The summed E-state index contributed by atoms with van der Waals surface area (Å²) in [5.41, 5.74) is 2.99. The van der Waals surface area contributed by atoms with Crippen LogP contribution in [0, 0.1) is 13.8 Å². The number of nitrogens with one attached hydrogen (secondary N) is 1. The number of hydrogen-bond acceptors (Lipinski definition) is 5. The second-order valence-corrected chi connectivity index (χ2v) is 9.11. The Morgan fingerprint density at radius 2 is 1.64 bits per heavy atom. The minimum Gasteiger partial charge on any atom is -0.362 e. The first-order valence-electron chi connectivity index (χ1n) is 9.21. The summed E-state index contributed by atoms with van der Waals surface area (Å²) in [6.07, 6.45) is 0. The largest absolute Gasteiger partial charge is 0.362 e. The molecule has 150 valence electrons. The Morgan fingerprint density at radius 1 is 1.04 bits per heavy atom. The zero-order valence-electron chi connectivity index (χ0n) is 16.4. The van der Waals surface area contributed by atoms with Crippen LogP contribution in [-0.4, -0.2) is 66.9 Å². The van der Waals surface area contributed by atoms with Gasteiger partial charge in [0.15, 0.2) is 11.6 Å². The van der Waals surface area contributed by atoms with Gasteiger partial charge in [-0.2, -0.15) is 4.31 Å². The van der Waals surface area contributed by atoms with Gasteiger partial charge in [-0.3, -0.25) is 14.5 Å². The van der Waals surface area contributed by atoms with Crippen molar-refractivity contribution in [2.24, 2.45) is 0 Å². The van der Waals surface area contributed by atoms with Gasteiger partial charge in [-0.15, -0.1) is 0 Å². The van der Waals surface area contributed by atoms with Crippen molar-refractivity contribution < 1.29 is 18.0 Å². The number of hydrogen-bond donors (Lipinski definition) is 1. The molecule has 1 fully saturated rings. The molecule has 1 aliphatic rings. The van der Waals surface area contributed by atoms with E-state index in [0.717, 1.165) is 11.4 Å². The van der Waals surface area contributed by atoms with Gasteiger partial charge in [-0.05, 0) is 39.0 Å². The number of aryl methyl sites for hydroxylation is 2. The molecule has 0 unspecified atom stereocenters. The first-order valence-corrected chi connectivity index (χ1v) is 10.7. The third-order valence-electron chi connectivity index (χ3n) is 5.05. The lowest BCUT2D eigenvalue weighted by molar-refractivity contribution is 0.0900. The molecule has 1 N–H and O–H groups in total. The Morgan fingerprint density at radius 3 is 2.14 bits per heavy atom. The van der Waals surface area contributed by atoms with Gasteiger partial charge in [0.2, 0.25) is 10.0 Å². The van der Waals surface area contributed by atoms with Gasteiger partial charge in [0.25, 0.3) is 0 Å². The van der Waals surface area contributed by atoms with Crippen molar-refractivity contribution in [3.63, 3.8) is 0 Å². The van der Waals surface area contributed by atoms with E-state index in [-0.39, 0.29) is 23.0 Å². The van der Waals surface area contributed by atoms with Crippen LogP contribution >= 0.6 is 0 Å². The Balaban J connectivity index is 1.62. The molecule has 1 aliphatic heterocycles. The molecule has 0 atom stereocenters. The van der Waals surface area contributed by atoms with E-state index < -0.39 is 10.0 Å². The minimum atomic E-state index is -3.61. The number of Topliss-reactive ketones (excluding diaryl/α,β-unsaturated/α-hetero) is 2. The van der Waals surface area contributed by atoms with E-state index in [0.29, 0.717) is 37.3 Å². The topological polar surface area (TPSA) is 90.6 Å². The van der Waals surface area contributed by atoms with Crippen LogP contribution < -0.4 is 0 Å². The molecule has 0 bridgehead atoms. The number of ketones is 2. The van der Waals surface area contributed by atoms with E-state index in [9.17, 15) is 18.0 Å². The third-order valence-corrected chi connectivity index (χ3v) is 6.96. The number of benzene rings is 1. The summed E-state index contributed by atoms with van der Waals surface area (Å²) >= 11 is 0. The van der Waals surface area contributed by atoms with Gasteiger partial charge < -0.3 is 4.98 Å². The van der Waals surface area contributed by atoms with Crippen LogP contribution in [0.1, 0.15) is 39.0 Å². The second-order valence-electron chi connectivity index (χ2n) is 7.17. The molecule has 0 radical (unpaired) electrons. The first-order chi connectivity index (χ1) is 13.2. The predicted octanol–water partition coefficient (Wildman–Crippen LogP) is 2.02. The number of sulfonamides is 1. The smallest absolute Gasteiger partial charge is 0.243 e. The molecule has 0 spiro atoms. The predicted molar refractivity (Wildman–Crippen MR) is 106 cm³/mol. The number of H-pyrrole nitrogens is 1. The average Bonchev–Trinajstić information content (AvgIpc) is 3.00. The molecule has 2 aromatic rings. The molecule has 3 rings (SSSR count). The third kappa shape index (κ3) is 4.24. The van der Waals surface area contributed by atoms with Crippen LogP contribution in [-0.2, 0) is 10.0 Å². The molecular formula is C20H25N3O4S. The number of carbonyl (C=O) groups is 2. The summed E-state index contributed by atoms with van der Waals surface area (Å²) in [5.74, 6) is -0.0620. The van der Waals surface area contributed by atoms with Gasteiger partial charge in [0.05, 0.1) is 11.4 Å². The zero-order valence-corrected chi connectivity index (χ0v) is 17.2. The highest BCUT2D eigenvalue weighted by molar-refractivity contribution is 7.89. The van der Waals surface area contributed by atoms with Gasteiger partial charge >= 0.3 is 0 Å². The van der Waals surface area contributed by atoms with Gasteiger partial charge in [-0.25, -0.2) is 8.42 Å². The summed E-state index contributed by atoms with van der Waals surface area (Å²) in [7, 11) is -3.61. The first kappa shape index (κ1) is 20.4. The quantitative estimate of drug-likeness (QED) is 0.745. The Labute approximate surface area is 165 Å². The standard InChI is InChI=1S/C20H25N3O4S/c1-14-12-19(15(2)21-14)20(25)13-22-8-10-23(11-9-22)28(26,27)18-6-4-17(5-7-18)16(3)24/h4-7,12,21H,8-11,13H2,1-3H3. The normalized spacial score (nSPS) is 16.2. The van der Waals surface area contributed by atoms with E-state index >= 15 is 0 Å². The number of aromatic amines is 1. The lowest BCUT2D eigenvalue weighted by Gasteiger charge is -2.33. The summed E-state index contributed by atoms with van der Waals surface area (Å²) in [6, 6.07) is 7.86. The van der Waals surface area contributed by atoms with Crippen LogP contribution in [0.15, 0.2) is 35.2 Å². The number of rotatable bonds is 6. The molecule has 0 saturated carbocycles. The lowest BCUT2D eigenvalue weighted by atomic mass is 10.1. The van der Waals surface area contributed by atoms with E-state index in [1.54, 1.807) is 0 Å². The van der Waals surface area contributed by atoms with E-state index in [4.69, 9.17) is 0 Å². The van der Waals surface area contributed by atoms with Crippen LogP contribution in [0.5, 0.6) is 0 Å². The molecule has 8 heteroatoms. The fourth-order valence-electron chi connectivity index (χ4n) is 3.44. The molecule has 1 aromatic carbocycles. The summed E-state index contributed by atoms with van der Waals surface area (Å²) in [5, 5.41) is 0.